The first-order valence-electron chi connectivity index (χ1n) is 8.41. The lowest BCUT2D eigenvalue weighted by Gasteiger charge is -2.09. The van der Waals surface area contributed by atoms with Crippen molar-refractivity contribution in [1.29, 1.82) is 0 Å². The zero-order chi connectivity index (χ0) is 17.2. The maximum atomic E-state index is 12.2. The van der Waals surface area contributed by atoms with Crippen molar-refractivity contribution in [3.8, 4) is 11.5 Å². The van der Waals surface area contributed by atoms with Gasteiger partial charge in [0.1, 0.15) is 11.5 Å². The van der Waals surface area contributed by atoms with E-state index < -0.39 is 0 Å². The minimum Gasteiger partial charge on any atom is -0.497 e. The summed E-state index contributed by atoms with van der Waals surface area (Å²) < 4.78 is 10.8. The lowest BCUT2D eigenvalue weighted by atomic mass is 10.2. The number of benzene rings is 2. The summed E-state index contributed by atoms with van der Waals surface area (Å²) in [6, 6.07) is 14.5. The summed E-state index contributed by atoms with van der Waals surface area (Å²) in [6.45, 7) is 2.93. The van der Waals surface area contributed by atoms with Crippen LogP contribution in [0.4, 0.5) is 5.69 Å². The van der Waals surface area contributed by atoms with Gasteiger partial charge in [-0.1, -0.05) is 26.2 Å². The van der Waals surface area contributed by atoms with Crippen molar-refractivity contribution in [3.63, 3.8) is 0 Å². The van der Waals surface area contributed by atoms with Gasteiger partial charge in [0, 0.05) is 11.3 Å². The van der Waals surface area contributed by atoms with Gasteiger partial charge in [0.25, 0.3) is 5.91 Å². The SMILES string of the molecule is CCCCCCOc1ccc(NC(=O)c2ccc(OC)cc2)cc1. The Kier molecular flexibility index (Phi) is 7.15. The Labute approximate surface area is 143 Å². The molecule has 0 bridgehead atoms. The second kappa shape index (κ2) is 9.60. The van der Waals surface area contributed by atoms with E-state index in [0.717, 1.165) is 30.2 Å². The number of rotatable bonds is 9. The molecule has 2 aromatic carbocycles. The van der Waals surface area contributed by atoms with Gasteiger partial charge < -0.3 is 14.8 Å². The third-order valence-electron chi connectivity index (χ3n) is 3.73. The van der Waals surface area contributed by atoms with E-state index in [1.807, 2.05) is 24.3 Å². The Morgan fingerprint density at radius 2 is 1.58 bits per heavy atom. The van der Waals surface area contributed by atoms with Crippen molar-refractivity contribution < 1.29 is 14.3 Å². The van der Waals surface area contributed by atoms with Crippen molar-refractivity contribution in [2.45, 2.75) is 32.6 Å². The Bertz CT molecular complexity index is 620. The topological polar surface area (TPSA) is 47.6 Å². The van der Waals surface area contributed by atoms with Crippen LogP contribution in [0.25, 0.3) is 0 Å². The molecule has 0 aliphatic rings. The zero-order valence-electron chi connectivity index (χ0n) is 14.4. The third-order valence-corrected chi connectivity index (χ3v) is 3.73. The van der Waals surface area contributed by atoms with Crippen molar-refractivity contribution in [2.75, 3.05) is 19.0 Å². The first-order chi connectivity index (χ1) is 11.7. The number of carbonyl (C=O) groups is 1. The van der Waals surface area contributed by atoms with E-state index in [2.05, 4.69) is 12.2 Å². The first kappa shape index (κ1) is 17.9. The molecule has 0 atom stereocenters. The van der Waals surface area contributed by atoms with E-state index in [4.69, 9.17) is 9.47 Å². The first-order valence-corrected chi connectivity index (χ1v) is 8.41. The van der Waals surface area contributed by atoms with Crippen LogP contribution in [0.1, 0.15) is 43.0 Å². The fourth-order valence-corrected chi connectivity index (χ4v) is 2.30. The Morgan fingerprint density at radius 1 is 0.917 bits per heavy atom. The van der Waals surface area contributed by atoms with Crippen LogP contribution in [0.2, 0.25) is 0 Å². The van der Waals surface area contributed by atoms with Crippen molar-refractivity contribution >= 4 is 11.6 Å². The van der Waals surface area contributed by atoms with Gasteiger partial charge in [-0.15, -0.1) is 0 Å². The molecule has 0 heterocycles. The number of hydrogen-bond donors (Lipinski definition) is 1. The smallest absolute Gasteiger partial charge is 0.255 e. The number of anilines is 1. The number of methoxy groups -OCH3 is 1. The van der Waals surface area contributed by atoms with Crippen molar-refractivity contribution in [1.82, 2.24) is 0 Å². The molecule has 2 aromatic rings. The van der Waals surface area contributed by atoms with Crippen LogP contribution in [0.15, 0.2) is 48.5 Å². The number of amides is 1. The maximum Gasteiger partial charge on any atom is 0.255 e. The van der Waals surface area contributed by atoms with E-state index >= 15 is 0 Å². The van der Waals surface area contributed by atoms with Gasteiger partial charge in [0.2, 0.25) is 0 Å². The molecule has 0 saturated heterocycles. The highest BCUT2D eigenvalue weighted by Gasteiger charge is 2.06. The second-order valence-electron chi connectivity index (χ2n) is 5.62. The summed E-state index contributed by atoms with van der Waals surface area (Å²) in [6.07, 6.45) is 4.75. The van der Waals surface area contributed by atoms with Crippen LogP contribution < -0.4 is 14.8 Å². The number of ether oxygens (including phenoxy) is 2. The lowest BCUT2D eigenvalue weighted by Crippen LogP contribution is -2.11. The average Bonchev–Trinajstić information content (AvgIpc) is 2.63. The van der Waals surface area contributed by atoms with Gasteiger partial charge >= 0.3 is 0 Å². The van der Waals surface area contributed by atoms with E-state index in [1.165, 1.54) is 19.3 Å². The molecule has 4 nitrogen and oxygen atoms in total. The third kappa shape index (κ3) is 5.61. The number of nitrogens with one attached hydrogen (secondary N) is 1. The standard InChI is InChI=1S/C20H25NO3/c1-3-4-5-6-15-24-19-13-9-17(10-14-19)21-20(22)16-7-11-18(23-2)12-8-16/h7-14H,3-6,15H2,1-2H3,(H,21,22). The van der Waals surface area contributed by atoms with Crippen LogP contribution in [-0.4, -0.2) is 19.6 Å². The molecule has 24 heavy (non-hydrogen) atoms. The summed E-state index contributed by atoms with van der Waals surface area (Å²) in [5.41, 5.74) is 1.33. The minimum atomic E-state index is -0.147. The monoisotopic (exact) mass is 327 g/mol. The molecule has 1 N–H and O–H groups in total. The molecular formula is C20H25NO3. The largest absolute Gasteiger partial charge is 0.497 e. The van der Waals surface area contributed by atoms with Crippen LogP contribution in [0.3, 0.4) is 0 Å². The Balaban J connectivity index is 1.83. The summed E-state index contributed by atoms with van der Waals surface area (Å²) in [7, 11) is 1.60. The normalized spacial score (nSPS) is 10.2. The fraction of sp³-hybridized carbons (Fsp3) is 0.350. The Morgan fingerprint density at radius 3 is 2.21 bits per heavy atom. The molecule has 0 aromatic heterocycles. The molecule has 0 unspecified atom stereocenters. The van der Waals surface area contributed by atoms with Crippen LogP contribution >= 0.6 is 0 Å². The lowest BCUT2D eigenvalue weighted by molar-refractivity contribution is 0.102. The van der Waals surface area contributed by atoms with Crippen LogP contribution in [-0.2, 0) is 0 Å². The maximum absolute atomic E-state index is 12.2. The van der Waals surface area contributed by atoms with E-state index in [0.29, 0.717) is 5.56 Å². The average molecular weight is 327 g/mol. The zero-order valence-corrected chi connectivity index (χ0v) is 14.4. The number of hydrogen-bond acceptors (Lipinski definition) is 3. The minimum absolute atomic E-state index is 0.147. The predicted molar refractivity (Wildman–Crippen MR) is 97.0 cm³/mol. The second-order valence-corrected chi connectivity index (χ2v) is 5.62. The Hall–Kier alpha value is -2.49. The molecule has 0 saturated carbocycles. The van der Waals surface area contributed by atoms with Gasteiger partial charge in [0.15, 0.2) is 0 Å². The van der Waals surface area contributed by atoms with Crippen molar-refractivity contribution in [3.05, 3.63) is 54.1 Å². The summed E-state index contributed by atoms with van der Waals surface area (Å²) in [5.74, 6) is 1.41. The molecule has 0 spiro atoms. The molecular weight excluding hydrogens is 302 g/mol. The molecule has 1 amide bonds. The molecule has 2 rings (SSSR count). The summed E-state index contributed by atoms with van der Waals surface area (Å²) >= 11 is 0. The van der Waals surface area contributed by atoms with Gasteiger partial charge in [-0.25, -0.2) is 0 Å². The van der Waals surface area contributed by atoms with Gasteiger partial charge in [-0.2, -0.15) is 0 Å². The molecule has 0 fully saturated rings. The highest BCUT2D eigenvalue weighted by atomic mass is 16.5. The van der Waals surface area contributed by atoms with Gasteiger partial charge in [-0.3, -0.25) is 4.79 Å². The molecule has 0 aliphatic heterocycles. The fourth-order valence-electron chi connectivity index (χ4n) is 2.30. The quantitative estimate of drug-likeness (QED) is 0.666. The van der Waals surface area contributed by atoms with Gasteiger partial charge in [-0.05, 0) is 55.0 Å². The highest BCUT2D eigenvalue weighted by molar-refractivity contribution is 6.04. The molecule has 0 radical (unpaired) electrons. The van der Waals surface area contributed by atoms with E-state index in [-0.39, 0.29) is 5.91 Å². The summed E-state index contributed by atoms with van der Waals surface area (Å²) in [5, 5.41) is 2.87. The van der Waals surface area contributed by atoms with Gasteiger partial charge in [0.05, 0.1) is 13.7 Å². The van der Waals surface area contributed by atoms with Crippen molar-refractivity contribution in [2.24, 2.45) is 0 Å². The van der Waals surface area contributed by atoms with Crippen LogP contribution in [0.5, 0.6) is 11.5 Å². The molecule has 4 heteroatoms. The van der Waals surface area contributed by atoms with E-state index in [1.54, 1.807) is 31.4 Å². The number of carbonyl (C=O) groups excluding carboxylic acids is 1. The van der Waals surface area contributed by atoms with Crippen LogP contribution in [0, 0.1) is 0 Å². The number of unbranched alkanes of at least 4 members (excludes halogenated alkanes) is 3. The predicted octanol–water partition coefficient (Wildman–Crippen LogP) is 4.91. The highest BCUT2D eigenvalue weighted by Crippen LogP contribution is 2.18. The summed E-state index contributed by atoms with van der Waals surface area (Å²) in [4.78, 5) is 12.2. The molecule has 128 valence electrons. The van der Waals surface area contributed by atoms with E-state index in [9.17, 15) is 4.79 Å². The molecule has 0 aliphatic carbocycles.